The lowest BCUT2D eigenvalue weighted by molar-refractivity contribution is -0.111. The summed E-state index contributed by atoms with van der Waals surface area (Å²) in [6.07, 6.45) is 6.40. The summed E-state index contributed by atoms with van der Waals surface area (Å²) in [7, 11) is 5.44. The van der Waals surface area contributed by atoms with E-state index >= 15 is 0 Å². The second-order valence-electron chi connectivity index (χ2n) is 8.97. The summed E-state index contributed by atoms with van der Waals surface area (Å²) in [5.41, 5.74) is 13.1. The molecule has 0 bridgehead atoms. The monoisotopic (exact) mass is 518 g/mol. The molecule has 200 valence electrons. The number of aryl methyl sites for hydroxylation is 1. The Hall–Kier alpha value is -4.35. The first kappa shape index (κ1) is 26.7. The molecule has 1 aliphatic heterocycles. The van der Waals surface area contributed by atoms with E-state index in [1.54, 1.807) is 30.1 Å². The van der Waals surface area contributed by atoms with E-state index in [0.29, 0.717) is 41.9 Å². The highest BCUT2D eigenvalue weighted by molar-refractivity contribution is 6.03. The summed E-state index contributed by atoms with van der Waals surface area (Å²) in [4.78, 5) is 19.1. The largest absolute Gasteiger partial charge is 0.494 e. The van der Waals surface area contributed by atoms with Crippen LogP contribution in [0.25, 0.3) is 16.6 Å². The highest BCUT2D eigenvalue weighted by Crippen LogP contribution is 2.40. The maximum absolute atomic E-state index is 12.3. The zero-order valence-corrected chi connectivity index (χ0v) is 21.9. The summed E-state index contributed by atoms with van der Waals surface area (Å²) >= 11 is 0. The minimum absolute atomic E-state index is 0.253. The van der Waals surface area contributed by atoms with Crippen LogP contribution >= 0.6 is 0 Å². The number of hydrogen-bond acceptors (Lipinski definition) is 8. The SMILES string of the molecule is C=CC(=O)Nc1cc(N=C(C=C(N)c2ccc3c(cnn3C)c2)NN)c(OC)cc1N(C)C1CCOCC1. The van der Waals surface area contributed by atoms with E-state index in [4.69, 9.17) is 21.1 Å². The number of benzene rings is 2. The molecule has 4 rings (SSSR count). The summed E-state index contributed by atoms with van der Waals surface area (Å²) in [6.45, 7) is 4.95. The van der Waals surface area contributed by atoms with Gasteiger partial charge in [0.1, 0.15) is 17.3 Å². The topological polar surface area (TPSA) is 145 Å². The maximum Gasteiger partial charge on any atom is 0.247 e. The van der Waals surface area contributed by atoms with Gasteiger partial charge in [-0.1, -0.05) is 12.6 Å². The number of anilines is 2. The van der Waals surface area contributed by atoms with Gasteiger partial charge in [0, 0.05) is 56.6 Å². The number of nitrogens with zero attached hydrogens (tertiary/aromatic N) is 4. The number of fused-ring (bicyclic) bond motifs is 1. The number of nitrogens with one attached hydrogen (secondary N) is 2. The number of ether oxygens (including phenoxy) is 2. The Morgan fingerprint density at radius 1 is 1.32 bits per heavy atom. The zero-order chi connectivity index (χ0) is 27.2. The molecule has 1 fully saturated rings. The molecule has 1 aromatic heterocycles. The predicted molar refractivity (Wildman–Crippen MR) is 151 cm³/mol. The lowest BCUT2D eigenvalue weighted by atomic mass is 10.1. The van der Waals surface area contributed by atoms with Crippen molar-refractivity contribution in [2.24, 2.45) is 23.6 Å². The second kappa shape index (κ2) is 11.8. The van der Waals surface area contributed by atoms with Crippen LogP contribution in [0.15, 0.2) is 60.3 Å². The zero-order valence-electron chi connectivity index (χ0n) is 21.9. The fourth-order valence-corrected chi connectivity index (χ4v) is 4.46. The number of aliphatic imine (C=N–C) groups is 1. The van der Waals surface area contributed by atoms with Crippen LogP contribution in [-0.4, -0.2) is 54.9 Å². The van der Waals surface area contributed by atoms with Crippen LogP contribution in [0.5, 0.6) is 5.75 Å². The maximum atomic E-state index is 12.3. The summed E-state index contributed by atoms with van der Waals surface area (Å²) < 4.78 is 13.0. The van der Waals surface area contributed by atoms with Crippen LogP contribution < -0.4 is 32.0 Å². The van der Waals surface area contributed by atoms with Crippen LogP contribution in [0.4, 0.5) is 17.1 Å². The lowest BCUT2D eigenvalue weighted by Crippen LogP contribution is -2.37. The third-order valence-electron chi connectivity index (χ3n) is 6.62. The Balaban J connectivity index is 1.72. The Kier molecular flexibility index (Phi) is 8.29. The minimum Gasteiger partial charge on any atom is -0.494 e. The van der Waals surface area contributed by atoms with Crippen molar-refractivity contribution in [2.75, 3.05) is 37.6 Å². The molecule has 1 aliphatic rings. The molecule has 2 aromatic carbocycles. The average Bonchev–Trinajstić information content (AvgIpc) is 3.32. The van der Waals surface area contributed by atoms with E-state index in [2.05, 4.69) is 32.3 Å². The normalized spacial score (nSPS) is 14.8. The molecule has 1 saturated heterocycles. The molecule has 6 N–H and O–H groups in total. The Bertz CT molecular complexity index is 1390. The second-order valence-corrected chi connectivity index (χ2v) is 8.97. The van der Waals surface area contributed by atoms with Crippen LogP contribution in [-0.2, 0) is 16.6 Å². The Labute approximate surface area is 221 Å². The number of hydrazine groups is 1. The minimum atomic E-state index is -0.334. The van der Waals surface area contributed by atoms with Gasteiger partial charge >= 0.3 is 0 Å². The lowest BCUT2D eigenvalue weighted by Gasteiger charge is -2.34. The Morgan fingerprint density at radius 3 is 2.76 bits per heavy atom. The molecule has 1 amide bonds. The quantitative estimate of drug-likeness (QED) is 0.117. The smallest absolute Gasteiger partial charge is 0.247 e. The number of amides is 1. The van der Waals surface area contributed by atoms with E-state index in [1.807, 2.05) is 38.4 Å². The van der Waals surface area contributed by atoms with Crippen LogP contribution in [0.2, 0.25) is 0 Å². The van der Waals surface area contributed by atoms with Crippen molar-refractivity contribution in [3.8, 4) is 5.75 Å². The van der Waals surface area contributed by atoms with Gasteiger partial charge in [-0.15, -0.1) is 0 Å². The van der Waals surface area contributed by atoms with Crippen molar-refractivity contribution in [1.29, 1.82) is 0 Å². The van der Waals surface area contributed by atoms with E-state index < -0.39 is 0 Å². The van der Waals surface area contributed by atoms with Gasteiger partial charge in [-0.3, -0.25) is 9.48 Å². The van der Waals surface area contributed by atoms with E-state index in [0.717, 1.165) is 35.0 Å². The van der Waals surface area contributed by atoms with Gasteiger partial charge in [0.05, 0.1) is 30.2 Å². The number of rotatable bonds is 8. The van der Waals surface area contributed by atoms with Gasteiger partial charge in [-0.2, -0.15) is 5.10 Å². The third-order valence-corrected chi connectivity index (χ3v) is 6.62. The van der Waals surface area contributed by atoms with Gasteiger partial charge in [-0.05, 0) is 42.7 Å². The van der Waals surface area contributed by atoms with Crippen molar-refractivity contribution in [3.63, 3.8) is 0 Å². The summed E-state index contributed by atoms with van der Waals surface area (Å²) in [5.74, 6) is 6.29. The highest BCUT2D eigenvalue weighted by Gasteiger charge is 2.23. The van der Waals surface area contributed by atoms with Crippen molar-refractivity contribution < 1.29 is 14.3 Å². The first-order chi connectivity index (χ1) is 18.3. The van der Waals surface area contributed by atoms with Gasteiger partial charge in [0.25, 0.3) is 0 Å². The van der Waals surface area contributed by atoms with Crippen molar-refractivity contribution in [1.82, 2.24) is 15.2 Å². The van der Waals surface area contributed by atoms with Crippen molar-refractivity contribution in [3.05, 3.63) is 60.8 Å². The van der Waals surface area contributed by atoms with Crippen molar-refractivity contribution >= 4 is 45.4 Å². The van der Waals surface area contributed by atoms with Gasteiger partial charge in [0.2, 0.25) is 5.91 Å². The number of carbonyl (C=O) groups excluding carboxylic acids is 1. The number of amidine groups is 1. The van der Waals surface area contributed by atoms with Crippen LogP contribution in [0.1, 0.15) is 18.4 Å². The number of aromatic nitrogens is 2. The van der Waals surface area contributed by atoms with Gasteiger partial charge < -0.3 is 30.8 Å². The molecule has 0 radical (unpaired) electrons. The molecule has 38 heavy (non-hydrogen) atoms. The van der Waals surface area contributed by atoms with Crippen LogP contribution in [0.3, 0.4) is 0 Å². The summed E-state index contributed by atoms with van der Waals surface area (Å²) in [6, 6.07) is 9.67. The van der Waals surface area contributed by atoms with E-state index in [9.17, 15) is 4.79 Å². The molecular weight excluding hydrogens is 484 g/mol. The number of hydrogen-bond donors (Lipinski definition) is 4. The van der Waals surface area contributed by atoms with E-state index in [1.165, 1.54) is 6.08 Å². The molecule has 0 spiro atoms. The molecule has 11 heteroatoms. The molecule has 3 aromatic rings. The molecule has 0 atom stereocenters. The third kappa shape index (κ3) is 5.79. The highest BCUT2D eigenvalue weighted by atomic mass is 16.5. The van der Waals surface area contributed by atoms with Crippen LogP contribution in [0, 0.1) is 0 Å². The van der Waals surface area contributed by atoms with Gasteiger partial charge in [-0.25, -0.2) is 10.8 Å². The molecule has 11 nitrogen and oxygen atoms in total. The first-order valence-electron chi connectivity index (χ1n) is 12.2. The molecule has 0 aliphatic carbocycles. The van der Waals surface area contributed by atoms with Crippen molar-refractivity contribution in [2.45, 2.75) is 18.9 Å². The predicted octanol–water partition coefficient (Wildman–Crippen LogP) is 2.81. The van der Waals surface area contributed by atoms with E-state index in [-0.39, 0.29) is 11.9 Å². The molecule has 2 heterocycles. The standard InChI is InChI=1S/C27H34N8O3/c1-5-27(36)32-21-14-22(25(37-4)15-24(21)34(2)19-8-10-38-11-9-19)31-26(33-29)13-20(28)17-6-7-23-18(12-17)16-30-35(23)3/h5-7,12-16,19H,1,8-11,28-29H2,2-4H3,(H,31,33)(H,32,36). The fourth-order valence-electron chi connectivity index (χ4n) is 4.46. The first-order valence-corrected chi connectivity index (χ1v) is 12.2. The average molecular weight is 519 g/mol. The molecule has 0 saturated carbocycles. The number of nitrogens with two attached hydrogens (primary N) is 2. The summed E-state index contributed by atoms with van der Waals surface area (Å²) in [5, 5.41) is 8.13. The van der Waals surface area contributed by atoms with Gasteiger partial charge in [0.15, 0.2) is 0 Å². The molecule has 0 unspecified atom stereocenters. The number of methoxy groups -OCH3 is 1. The number of carbonyl (C=O) groups is 1. The Morgan fingerprint density at radius 2 is 2.08 bits per heavy atom. The fraction of sp³-hybridized carbons (Fsp3) is 0.296. The molecular formula is C27H34N8O3.